The molecule has 0 unspecified atom stereocenters. The van der Waals surface area contributed by atoms with E-state index in [9.17, 15) is 9.59 Å². The number of carbonyl (C=O) groups excluding carboxylic acids is 2. The zero-order chi connectivity index (χ0) is 19.2. The maximum Gasteiger partial charge on any atom is 0.319 e. The Morgan fingerprint density at radius 2 is 1.78 bits per heavy atom. The van der Waals surface area contributed by atoms with Crippen LogP contribution in [-0.2, 0) is 0 Å². The van der Waals surface area contributed by atoms with Gasteiger partial charge in [-0.1, -0.05) is 6.07 Å². The van der Waals surface area contributed by atoms with Crippen LogP contribution in [0, 0.1) is 0 Å². The fourth-order valence-corrected chi connectivity index (χ4v) is 3.08. The molecular weight excluding hydrogens is 360 g/mol. The van der Waals surface area contributed by atoms with Crippen LogP contribution >= 0.6 is 11.3 Å². The molecular formula is C20H20N4O2S. The molecule has 3 aromatic rings. The number of carbonyl (C=O) groups is 2. The fourth-order valence-electron chi connectivity index (χ4n) is 2.43. The summed E-state index contributed by atoms with van der Waals surface area (Å²) in [5.41, 5.74) is 2.71. The first kappa shape index (κ1) is 18.6. The minimum atomic E-state index is -0.305. The monoisotopic (exact) mass is 380 g/mol. The first-order valence-corrected chi connectivity index (χ1v) is 9.38. The zero-order valence-electron chi connectivity index (χ0n) is 15.0. The largest absolute Gasteiger partial charge is 0.336 e. The lowest BCUT2D eigenvalue weighted by atomic mass is 10.1. The van der Waals surface area contributed by atoms with Crippen LogP contribution in [0.15, 0.2) is 60.1 Å². The summed E-state index contributed by atoms with van der Waals surface area (Å²) in [6, 6.07) is 14.0. The molecule has 138 valence electrons. The molecule has 3 amide bonds. The lowest BCUT2D eigenvalue weighted by Crippen LogP contribution is -2.34. The van der Waals surface area contributed by atoms with Gasteiger partial charge < -0.3 is 16.0 Å². The van der Waals surface area contributed by atoms with Gasteiger partial charge in [-0.15, -0.1) is 11.3 Å². The van der Waals surface area contributed by atoms with Crippen molar-refractivity contribution >= 4 is 34.6 Å². The second kappa shape index (κ2) is 8.46. The van der Waals surface area contributed by atoms with Crippen molar-refractivity contribution in [3.63, 3.8) is 0 Å². The van der Waals surface area contributed by atoms with Crippen LogP contribution in [-0.4, -0.2) is 23.0 Å². The van der Waals surface area contributed by atoms with Crippen LogP contribution in [0.2, 0.25) is 0 Å². The van der Waals surface area contributed by atoms with E-state index in [1.165, 1.54) is 0 Å². The van der Waals surface area contributed by atoms with Crippen molar-refractivity contribution in [2.75, 3.05) is 10.6 Å². The molecule has 0 saturated carbocycles. The second-order valence-corrected chi connectivity index (χ2v) is 7.10. The van der Waals surface area contributed by atoms with Gasteiger partial charge in [-0.25, -0.2) is 9.78 Å². The number of rotatable bonds is 5. The minimum Gasteiger partial charge on any atom is -0.336 e. The lowest BCUT2D eigenvalue weighted by molar-refractivity contribution is 0.102. The Morgan fingerprint density at radius 1 is 1.00 bits per heavy atom. The summed E-state index contributed by atoms with van der Waals surface area (Å²) in [5.74, 6) is -0.245. The van der Waals surface area contributed by atoms with E-state index >= 15 is 0 Å². The highest BCUT2D eigenvalue weighted by Gasteiger charge is 2.09. The Labute approximate surface area is 161 Å². The third-order valence-electron chi connectivity index (χ3n) is 3.62. The highest BCUT2D eigenvalue weighted by Crippen LogP contribution is 2.23. The van der Waals surface area contributed by atoms with Crippen molar-refractivity contribution < 1.29 is 9.59 Å². The quantitative estimate of drug-likeness (QED) is 0.605. The molecule has 6 nitrogen and oxygen atoms in total. The van der Waals surface area contributed by atoms with Gasteiger partial charge in [-0.05, 0) is 56.3 Å². The highest BCUT2D eigenvalue weighted by molar-refractivity contribution is 7.13. The molecule has 1 heterocycles. The Morgan fingerprint density at radius 3 is 2.44 bits per heavy atom. The number of nitrogens with one attached hydrogen (secondary N) is 3. The van der Waals surface area contributed by atoms with Crippen LogP contribution in [0.4, 0.5) is 16.2 Å². The summed E-state index contributed by atoms with van der Waals surface area (Å²) in [7, 11) is 0. The Hall–Kier alpha value is -3.19. The van der Waals surface area contributed by atoms with Gasteiger partial charge in [0.2, 0.25) is 0 Å². The molecule has 0 saturated heterocycles. The summed E-state index contributed by atoms with van der Waals surface area (Å²) in [5, 5.41) is 11.2. The van der Waals surface area contributed by atoms with Gasteiger partial charge in [-0.3, -0.25) is 4.79 Å². The molecule has 3 rings (SSSR count). The van der Waals surface area contributed by atoms with E-state index in [2.05, 4.69) is 20.9 Å². The normalized spacial score (nSPS) is 10.5. The molecule has 7 heteroatoms. The van der Waals surface area contributed by atoms with Crippen LogP contribution in [0.5, 0.6) is 0 Å². The molecule has 0 aliphatic heterocycles. The molecule has 0 aliphatic carbocycles. The van der Waals surface area contributed by atoms with E-state index < -0.39 is 0 Å². The van der Waals surface area contributed by atoms with Gasteiger partial charge in [0, 0.05) is 40.1 Å². The number of amides is 3. The van der Waals surface area contributed by atoms with E-state index in [1.54, 1.807) is 41.8 Å². The van der Waals surface area contributed by atoms with Gasteiger partial charge in [0.05, 0.1) is 0 Å². The number of thiazole rings is 1. The summed E-state index contributed by atoms with van der Waals surface area (Å²) >= 11 is 1.56. The van der Waals surface area contributed by atoms with Crippen molar-refractivity contribution in [1.82, 2.24) is 10.3 Å². The average Bonchev–Trinajstić information content (AvgIpc) is 3.16. The average molecular weight is 380 g/mol. The van der Waals surface area contributed by atoms with E-state index in [0.717, 1.165) is 10.6 Å². The van der Waals surface area contributed by atoms with Crippen molar-refractivity contribution in [3.8, 4) is 10.6 Å². The predicted octanol–water partition coefficient (Wildman–Crippen LogP) is 4.59. The number of anilines is 2. The van der Waals surface area contributed by atoms with Crippen molar-refractivity contribution in [1.29, 1.82) is 0 Å². The highest BCUT2D eigenvalue weighted by atomic mass is 32.1. The van der Waals surface area contributed by atoms with E-state index in [-0.39, 0.29) is 18.0 Å². The molecule has 1 aromatic heterocycles. The third-order valence-corrected chi connectivity index (χ3v) is 4.45. The fraction of sp³-hybridized carbons (Fsp3) is 0.150. The smallest absolute Gasteiger partial charge is 0.319 e. The summed E-state index contributed by atoms with van der Waals surface area (Å²) in [6.07, 6.45) is 1.76. The predicted molar refractivity (Wildman–Crippen MR) is 109 cm³/mol. The second-order valence-electron chi connectivity index (χ2n) is 6.20. The maximum absolute atomic E-state index is 12.5. The zero-order valence-corrected chi connectivity index (χ0v) is 15.8. The van der Waals surface area contributed by atoms with Crippen LogP contribution in [0.3, 0.4) is 0 Å². The Balaban J connectivity index is 1.65. The molecule has 0 bridgehead atoms. The van der Waals surface area contributed by atoms with Crippen molar-refractivity contribution in [2.45, 2.75) is 19.9 Å². The number of hydrogen-bond acceptors (Lipinski definition) is 4. The van der Waals surface area contributed by atoms with E-state index in [1.807, 2.05) is 43.5 Å². The van der Waals surface area contributed by atoms with Gasteiger partial charge in [0.1, 0.15) is 5.01 Å². The first-order valence-electron chi connectivity index (χ1n) is 8.50. The van der Waals surface area contributed by atoms with Crippen LogP contribution in [0.1, 0.15) is 24.2 Å². The Bertz CT molecular complexity index is 921. The summed E-state index contributed by atoms with van der Waals surface area (Å²) in [6.45, 7) is 3.76. The van der Waals surface area contributed by atoms with Crippen LogP contribution in [0.25, 0.3) is 10.6 Å². The number of urea groups is 1. The van der Waals surface area contributed by atoms with Crippen molar-refractivity contribution in [2.24, 2.45) is 0 Å². The number of benzene rings is 2. The van der Waals surface area contributed by atoms with E-state index in [4.69, 9.17) is 0 Å². The SMILES string of the molecule is CC(C)NC(=O)Nc1cccc(C(=O)Nc2ccc(-c3nccs3)cc2)c1. The molecule has 0 spiro atoms. The van der Waals surface area contributed by atoms with E-state index in [0.29, 0.717) is 16.9 Å². The molecule has 0 aliphatic rings. The standard InChI is InChI=1S/C20H20N4O2S/c1-13(2)22-20(26)24-17-5-3-4-15(12-17)18(25)23-16-8-6-14(7-9-16)19-21-10-11-27-19/h3-13H,1-2H3,(H,23,25)(H2,22,24,26). The minimum absolute atomic E-state index is 0.0313. The van der Waals surface area contributed by atoms with Gasteiger partial charge >= 0.3 is 6.03 Å². The van der Waals surface area contributed by atoms with Crippen molar-refractivity contribution in [3.05, 3.63) is 65.7 Å². The molecule has 0 radical (unpaired) electrons. The molecule has 0 fully saturated rings. The van der Waals surface area contributed by atoms with Gasteiger partial charge in [0.25, 0.3) is 5.91 Å². The van der Waals surface area contributed by atoms with Crippen LogP contribution < -0.4 is 16.0 Å². The van der Waals surface area contributed by atoms with Gasteiger partial charge in [-0.2, -0.15) is 0 Å². The first-order chi connectivity index (χ1) is 13.0. The molecule has 3 N–H and O–H groups in total. The Kier molecular flexibility index (Phi) is 5.83. The summed E-state index contributed by atoms with van der Waals surface area (Å²) < 4.78 is 0. The molecule has 2 aromatic carbocycles. The summed E-state index contributed by atoms with van der Waals surface area (Å²) in [4.78, 5) is 28.6. The topological polar surface area (TPSA) is 83.1 Å². The molecule has 0 atom stereocenters. The third kappa shape index (κ3) is 5.15. The molecule has 27 heavy (non-hydrogen) atoms. The van der Waals surface area contributed by atoms with Gasteiger partial charge in [0.15, 0.2) is 0 Å². The number of aromatic nitrogens is 1. The number of hydrogen-bond donors (Lipinski definition) is 3. The lowest BCUT2D eigenvalue weighted by Gasteiger charge is -2.11. The number of nitrogens with zero attached hydrogens (tertiary/aromatic N) is 1. The maximum atomic E-state index is 12.5.